The van der Waals surface area contributed by atoms with Crippen molar-refractivity contribution >= 4 is 38.8 Å². The lowest BCUT2D eigenvalue weighted by Gasteiger charge is -2.21. The van der Waals surface area contributed by atoms with Crippen molar-refractivity contribution in [3.8, 4) is 17.0 Å². The summed E-state index contributed by atoms with van der Waals surface area (Å²) in [5.41, 5.74) is 3.71. The summed E-state index contributed by atoms with van der Waals surface area (Å²) in [5, 5.41) is 0.617. The van der Waals surface area contributed by atoms with Gasteiger partial charge in [-0.1, -0.05) is 25.6 Å². The molecule has 0 fully saturated rings. The minimum atomic E-state index is -3.63. The molecule has 0 saturated carbocycles. The third kappa shape index (κ3) is 5.88. The molecule has 0 aliphatic carbocycles. The standard InChI is InChI=1S/C25H26F3N5O3S2/c1-14(2)21-18(13-37-25-29-19-11-10-17(36-23(27)28)12-20(19)32(25)3)22(15-6-8-16(26)9-7-15)31-24(30-21)33(4)38(5,34)35/h6-12,14,23H,13H2,1-5H3. The summed E-state index contributed by atoms with van der Waals surface area (Å²) >= 11 is 1.39. The number of aromatic nitrogens is 4. The van der Waals surface area contributed by atoms with Crippen LogP contribution in [0.4, 0.5) is 19.1 Å². The number of thioether (sulfide) groups is 1. The molecule has 0 spiro atoms. The molecule has 0 atom stereocenters. The second-order valence-corrected chi connectivity index (χ2v) is 11.9. The first kappa shape index (κ1) is 27.7. The first-order valence-corrected chi connectivity index (χ1v) is 14.3. The van der Waals surface area contributed by atoms with E-state index in [1.807, 2.05) is 13.8 Å². The normalized spacial score (nSPS) is 12.1. The van der Waals surface area contributed by atoms with E-state index in [0.29, 0.717) is 38.9 Å². The van der Waals surface area contributed by atoms with Gasteiger partial charge in [-0.3, -0.25) is 0 Å². The molecule has 0 bridgehead atoms. The van der Waals surface area contributed by atoms with Crippen LogP contribution < -0.4 is 9.04 Å². The van der Waals surface area contributed by atoms with Crippen LogP contribution in [0, 0.1) is 5.82 Å². The lowest BCUT2D eigenvalue weighted by atomic mass is 9.99. The molecule has 0 unspecified atom stereocenters. The number of nitrogens with zero attached hydrogens (tertiary/aromatic N) is 5. The number of fused-ring (bicyclic) bond motifs is 1. The van der Waals surface area contributed by atoms with E-state index in [-0.39, 0.29) is 17.6 Å². The maximum Gasteiger partial charge on any atom is 0.387 e. The lowest BCUT2D eigenvalue weighted by Crippen LogP contribution is -2.27. The monoisotopic (exact) mass is 565 g/mol. The van der Waals surface area contributed by atoms with Crippen molar-refractivity contribution in [3.05, 3.63) is 59.5 Å². The number of alkyl halides is 2. The second kappa shape index (κ2) is 10.8. The predicted molar refractivity (Wildman–Crippen MR) is 142 cm³/mol. The fourth-order valence-electron chi connectivity index (χ4n) is 3.83. The summed E-state index contributed by atoms with van der Waals surface area (Å²) in [6, 6.07) is 10.3. The number of benzene rings is 2. The third-order valence-electron chi connectivity index (χ3n) is 5.85. The van der Waals surface area contributed by atoms with E-state index in [1.165, 1.54) is 43.1 Å². The fraction of sp³-hybridized carbons (Fsp3) is 0.320. The number of anilines is 1. The van der Waals surface area contributed by atoms with E-state index >= 15 is 0 Å². The smallest absolute Gasteiger partial charge is 0.387 e. The number of imidazole rings is 1. The average molecular weight is 566 g/mol. The van der Waals surface area contributed by atoms with Crippen LogP contribution in [0.3, 0.4) is 0 Å². The first-order chi connectivity index (χ1) is 17.8. The van der Waals surface area contributed by atoms with Crippen molar-refractivity contribution in [1.29, 1.82) is 0 Å². The van der Waals surface area contributed by atoms with Gasteiger partial charge in [0.1, 0.15) is 11.6 Å². The van der Waals surface area contributed by atoms with Gasteiger partial charge in [0, 0.05) is 37.0 Å². The maximum atomic E-state index is 13.7. The molecule has 0 aliphatic rings. The Morgan fingerprint density at radius 1 is 1.08 bits per heavy atom. The maximum absolute atomic E-state index is 13.7. The van der Waals surface area contributed by atoms with E-state index < -0.39 is 22.5 Å². The van der Waals surface area contributed by atoms with Gasteiger partial charge >= 0.3 is 6.61 Å². The van der Waals surface area contributed by atoms with E-state index in [0.717, 1.165) is 16.1 Å². The molecule has 2 heterocycles. The quantitative estimate of drug-likeness (QED) is 0.245. The molecule has 202 valence electrons. The van der Waals surface area contributed by atoms with Gasteiger partial charge < -0.3 is 9.30 Å². The summed E-state index contributed by atoms with van der Waals surface area (Å²) in [5.74, 6) is -0.0915. The molecule has 0 aliphatic heterocycles. The molecule has 2 aromatic heterocycles. The summed E-state index contributed by atoms with van der Waals surface area (Å²) in [7, 11) is -0.481. The van der Waals surface area contributed by atoms with Crippen molar-refractivity contribution in [2.24, 2.45) is 7.05 Å². The van der Waals surface area contributed by atoms with Crippen LogP contribution in [-0.4, -0.2) is 47.9 Å². The number of ether oxygens (including phenoxy) is 1. The molecular formula is C25H26F3N5O3S2. The minimum Gasteiger partial charge on any atom is -0.435 e. The van der Waals surface area contributed by atoms with E-state index in [2.05, 4.69) is 19.7 Å². The van der Waals surface area contributed by atoms with Gasteiger partial charge in [0.2, 0.25) is 16.0 Å². The van der Waals surface area contributed by atoms with Crippen molar-refractivity contribution in [3.63, 3.8) is 0 Å². The Morgan fingerprint density at radius 2 is 1.76 bits per heavy atom. The summed E-state index contributed by atoms with van der Waals surface area (Å²) in [6.07, 6.45) is 1.07. The summed E-state index contributed by atoms with van der Waals surface area (Å²) < 4.78 is 70.8. The van der Waals surface area contributed by atoms with Crippen LogP contribution in [0.25, 0.3) is 22.3 Å². The van der Waals surface area contributed by atoms with Crippen molar-refractivity contribution in [2.75, 3.05) is 17.6 Å². The van der Waals surface area contributed by atoms with Gasteiger partial charge in [-0.05, 0) is 42.3 Å². The highest BCUT2D eigenvalue weighted by Gasteiger charge is 2.24. The zero-order valence-corrected chi connectivity index (χ0v) is 22.9. The Labute approximate surface area is 222 Å². The van der Waals surface area contributed by atoms with Crippen LogP contribution in [0.5, 0.6) is 5.75 Å². The number of sulfonamides is 1. The highest BCUT2D eigenvalue weighted by molar-refractivity contribution is 7.98. The van der Waals surface area contributed by atoms with E-state index in [1.54, 1.807) is 29.8 Å². The topological polar surface area (TPSA) is 90.2 Å². The Morgan fingerprint density at radius 3 is 2.37 bits per heavy atom. The fourth-order valence-corrected chi connectivity index (χ4v) is 5.23. The largest absolute Gasteiger partial charge is 0.435 e. The van der Waals surface area contributed by atoms with Crippen LogP contribution in [0.15, 0.2) is 47.6 Å². The average Bonchev–Trinajstić information content (AvgIpc) is 3.16. The van der Waals surface area contributed by atoms with Crippen molar-refractivity contribution in [2.45, 2.75) is 37.3 Å². The van der Waals surface area contributed by atoms with E-state index in [4.69, 9.17) is 0 Å². The molecule has 0 radical (unpaired) electrons. The predicted octanol–water partition coefficient (Wildman–Crippen LogP) is 5.58. The molecule has 0 saturated heterocycles. The number of hydrogen-bond acceptors (Lipinski definition) is 7. The van der Waals surface area contributed by atoms with Crippen LogP contribution in [-0.2, 0) is 22.8 Å². The molecule has 0 N–H and O–H groups in total. The Hall–Kier alpha value is -3.32. The number of rotatable bonds is 9. The van der Waals surface area contributed by atoms with Gasteiger partial charge in [0.15, 0.2) is 5.16 Å². The first-order valence-electron chi connectivity index (χ1n) is 11.5. The molecule has 38 heavy (non-hydrogen) atoms. The van der Waals surface area contributed by atoms with Crippen molar-refractivity contribution < 1.29 is 26.3 Å². The molecule has 13 heteroatoms. The van der Waals surface area contributed by atoms with Crippen LogP contribution >= 0.6 is 11.8 Å². The van der Waals surface area contributed by atoms with Crippen LogP contribution in [0.2, 0.25) is 0 Å². The van der Waals surface area contributed by atoms with E-state index in [9.17, 15) is 21.6 Å². The molecule has 8 nitrogen and oxygen atoms in total. The Kier molecular flexibility index (Phi) is 7.88. The Bertz CT molecular complexity index is 1580. The Balaban J connectivity index is 1.79. The second-order valence-electron chi connectivity index (χ2n) is 8.90. The van der Waals surface area contributed by atoms with Crippen molar-refractivity contribution in [1.82, 2.24) is 19.5 Å². The molecular weight excluding hydrogens is 539 g/mol. The number of aryl methyl sites for hydroxylation is 1. The summed E-state index contributed by atoms with van der Waals surface area (Å²) in [6.45, 7) is 0.947. The van der Waals surface area contributed by atoms with Gasteiger partial charge in [-0.2, -0.15) is 8.78 Å². The summed E-state index contributed by atoms with van der Waals surface area (Å²) in [4.78, 5) is 13.8. The van der Waals surface area contributed by atoms with Gasteiger partial charge in [0.25, 0.3) is 0 Å². The minimum absolute atomic E-state index is 0.0126. The SMILES string of the molecule is CC(C)c1nc(N(C)S(C)(=O)=O)nc(-c2ccc(F)cc2)c1CSc1nc2ccc(OC(F)F)cc2n1C. The number of halogens is 3. The molecule has 0 amide bonds. The number of hydrogen-bond donors (Lipinski definition) is 0. The van der Waals surface area contributed by atoms with Gasteiger partial charge in [-0.15, -0.1) is 0 Å². The van der Waals surface area contributed by atoms with Gasteiger partial charge in [-0.25, -0.2) is 32.1 Å². The highest BCUT2D eigenvalue weighted by atomic mass is 32.2. The van der Waals surface area contributed by atoms with Crippen LogP contribution in [0.1, 0.15) is 31.0 Å². The molecule has 2 aromatic carbocycles. The van der Waals surface area contributed by atoms with Gasteiger partial charge in [0.05, 0.1) is 28.7 Å². The zero-order chi connectivity index (χ0) is 27.8. The molecule has 4 rings (SSSR count). The lowest BCUT2D eigenvalue weighted by molar-refractivity contribution is -0.0497. The highest BCUT2D eigenvalue weighted by Crippen LogP contribution is 2.36. The zero-order valence-electron chi connectivity index (χ0n) is 21.3. The third-order valence-corrected chi connectivity index (χ3v) is 8.07. The molecule has 4 aromatic rings.